The molecule has 0 unspecified atom stereocenters. The van der Waals surface area contributed by atoms with Crippen LogP contribution in [0.4, 0.5) is 0 Å². The van der Waals surface area contributed by atoms with Gasteiger partial charge in [-0.05, 0) is 46.6 Å². The van der Waals surface area contributed by atoms with Crippen LogP contribution in [0.15, 0.2) is 53.0 Å². The second-order valence-corrected chi connectivity index (χ2v) is 3.99. The van der Waals surface area contributed by atoms with Gasteiger partial charge in [-0.15, -0.1) is 0 Å². The van der Waals surface area contributed by atoms with E-state index in [2.05, 4.69) is 22.9 Å². The van der Waals surface area contributed by atoms with Crippen molar-refractivity contribution < 1.29 is 4.74 Å². The summed E-state index contributed by atoms with van der Waals surface area (Å²) in [4.78, 5) is 0. The first-order chi connectivity index (χ1) is 7.27. The largest absolute Gasteiger partial charge is 0.456 e. The van der Waals surface area contributed by atoms with Crippen LogP contribution in [0.2, 0.25) is 0 Å². The predicted octanol–water partition coefficient (Wildman–Crippen LogP) is 4.42. The number of ether oxygens (including phenoxy) is 1. The molecule has 0 fully saturated rings. The van der Waals surface area contributed by atoms with Crippen LogP contribution in [0.1, 0.15) is 5.56 Å². The molecule has 0 atom stereocenters. The number of halogens is 1. The zero-order chi connectivity index (χ0) is 10.7. The molecule has 1 nitrogen and oxygen atoms in total. The molecule has 2 aromatic carbocycles. The van der Waals surface area contributed by atoms with E-state index in [0.29, 0.717) is 0 Å². The molecular formula is C13H10BrO. The molecule has 2 aromatic rings. The summed E-state index contributed by atoms with van der Waals surface area (Å²) in [6, 6.07) is 15.4. The van der Waals surface area contributed by atoms with Crippen LogP contribution in [-0.4, -0.2) is 0 Å². The van der Waals surface area contributed by atoms with Gasteiger partial charge >= 0.3 is 0 Å². The highest BCUT2D eigenvalue weighted by Gasteiger charge is 2.02. The van der Waals surface area contributed by atoms with Crippen LogP contribution in [0.25, 0.3) is 0 Å². The van der Waals surface area contributed by atoms with Crippen LogP contribution in [0.3, 0.4) is 0 Å². The number of rotatable bonds is 2. The fourth-order valence-electron chi connectivity index (χ4n) is 1.25. The van der Waals surface area contributed by atoms with Crippen molar-refractivity contribution in [1.82, 2.24) is 0 Å². The van der Waals surface area contributed by atoms with E-state index in [1.165, 1.54) is 0 Å². The lowest BCUT2D eigenvalue weighted by Crippen LogP contribution is -1.87. The van der Waals surface area contributed by atoms with Crippen LogP contribution in [0, 0.1) is 6.92 Å². The molecule has 75 valence electrons. The van der Waals surface area contributed by atoms with Crippen LogP contribution >= 0.6 is 15.9 Å². The molecule has 0 N–H and O–H groups in total. The summed E-state index contributed by atoms with van der Waals surface area (Å²) in [5, 5.41) is 0. The minimum Gasteiger partial charge on any atom is -0.456 e. The zero-order valence-corrected chi connectivity index (χ0v) is 9.70. The first-order valence-corrected chi connectivity index (χ1v) is 5.40. The summed E-state index contributed by atoms with van der Waals surface area (Å²) in [6.07, 6.45) is 0. The van der Waals surface area contributed by atoms with Gasteiger partial charge in [0.25, 0.3) is 0 Å². The average molecular weight is 262 g/mol. The lowest BCUT2D eigenvalue weighted by molar-refractivity contribution is 0.477. The van der Waals surface area contributed by atoms with Crippen molar-refractivity contribution in [3.63, 3.8) is 0 Å². The van der Waals surface area contributed by atoms with Gasteiger partial charge in [0, 0.05) is 0 Å². The fraction of sp³-hybridized carbons (Fsp3) is 0. The van der Waals surface area contributed by atoms with E-state index in [0.717, 1.165) is 21.5 Å². The molecular weight excluding hydrogens is 252 g/mol. The highest BCUT2D eigenvalue weighted by Crippen LogP contribution is 2.30. The van der Waals surface area contributed by atoms with Crippen LogP contribution in [0.5, 0.6) is 11.5 Å². The standard InChI is InChI=1S/C13H10BrO/c1-10-6-2-4-8-12(10)15-13-9-5-3-7-11(13)14/h2-9H,1H2. The second kappa shape index (κ2) is 4.49. The first kappa shape index (κ1) is 10.2. The Kier molecular flexibility index (Phi) is 3.07. The normalized spacial score (nSPS) is 10.0. The third kappa shape index (κ3) is 2.39. The lowest BCUT2D eigenvalue weighted by Gasteiger charge is -2.09. The van der Waals surface area contributed by atoms with Crippen molar-refractivity contribution in [2.45, 2.75) is 0 Å². The Labute approximate surface area is 97.8 Å². The maximum Gasteiger partial charge on any atom is 0.141 e. The van der Waals surface area contributed by atoms with Gasteiger partial charge in [-0.1, -0.05) is 30.3 Å². The van der Waals surface area contributed by atoms with E-state index < -0.39 is 0 Å². The van der Waals surface area contributed by atoms with E-state index >= 15 is 0 Å². The quantitative estimate of drug-likeness (QED) is 0.778. The molecule has 0 aliphatic carbocycles. The Bertz CT molecular complexity index is 422. The minimum absolute atomic E-state index is 0.782. The van der Waals surface area contributed by atoms with Crippen molar-refractivity contribution in [3.05, 3.63) is 65.5 Å². The summed E-state index contributed by atoms with van der Waals surface area (Å²) in [5.41, 5.74) is 0.883. The second-order valence-electron chi connectivity index (χ2n) is 3.14. The highest BCUT2D eigenvalue weighted by molar-refractivity contribution is 9.10. The molecule has 15 heavy (non-hydrogen) atoms. The third-order valence-electron chi connectivity index (χ3n) is 2.03. The van der Waals surface area contributed by atoms with Gasteiger partial charge in [0.1, 0.15) is 11.5 Å². The minimum atomic E-state index is 0.782. The summed E-state index contributed by atoms with van der Waals surface area (Å²) < 4.78 is 6.67. The van der Waals surface area contributed by atoms with Gasteiger partial charge in [0.2, 0.25) is 0 Å². The Hall–Kier alpha value is -1.28. The van der Waals surface area contributed by atoms with E-state index in [4.69, 9.17) is 4.74 Å². The zero-order valence-electron chi connectivity index (χ0n) is 8.11. The maximum atomic E-state index is 5.73. The molecule has 0 amide bonds. The van der Waals surface area contributed by atoms with Crippen molar-refractivity contribution >= 4 is 15.9 Å². The third-order valence-corrected chi connectivity index (χ3v) is 2.68. The van der Waals surface area contributed by atoms with Gasteiger partial charge in [-0.3, -0.25) is 0 Å². The van der Waals surface area contributed by atoms with Crippen LogP contribution < -0.4 is 4.74 Å². The Morgan fingerprint density at radius 3 is 2.13 bits per heavy atom. The summed E-state index contributed by atoms with van der Waals surface area (Å²) in [7, 11) is 0. The maximum absolute atomic E-state index is 5.73. The highest BCUT2D eigenvalue weighted by atomic mass is 79.9. The summed E-state index contributed by atoms with van der Waals surface area (Å²) >= 11 is 3.43. The van der Waals surface area contributed by atoms with Crippen molar-refractivity contribution in [1.29, 1.82) is 0 Å². The Balaban J connectivity index is 2.30. The van der Waals surface area contributed by atoms with Gasteiger partial charge in [-0.2, -0.15) is 0 Å². The number of hydrogen-bond acceptors (Lipinski definition) is 1. The fourth-order valence-corrected chi connectivity index (χ4v) is 1.62. The van der Waals surface area contributed by atoms with Gasteiger partial charge in [-0.25, -0.2) is 0 Å². The molecule has 0 bridgehead atoms. The molecule has 1 radical (unpaired) electrons. The lowest BCUT2D eigenvalue weighted by atomic mass is 10.2. The molecule has 2 heteroatoms. The average Bonchev–Trinajstić information content (AvgIpc) is 2.24. The van der Waals surface area contributed by atoms with Crippen molar-refractivity contribution in [2.24, 2.45) is 0 Å². The number of para-hydroxylation sites is 2. The van der Waals surface area contributed by atoms with Crippen molar-refractivity contribution in [3.8, 4) is 11.5 Å². The van der Waals surface area contributed by atoms with Crippen LogP contribution in [-0.2, 0) is 0 Å². The monoisotopic (exact) mass is 261 g/mol. The van der Waals surface area contributed by atoms with E-state index in [1.54, 1.807) is 0 Å². The molecule has 0 saturated heterocycles. The van der Waals surface area contributed by atoms with E-state index in [1.807, 2.05) is 48.5 Å². The Morgan fingerprint density at radius 2 is 1.47 bits per heavy atom. The Morgan fingerprint density at radius 1 is 0.867 bits per heavy atom. The summed E-state index contributed by atoms with van der Waals surface area (Å²) in [6.45, 7) is 3.91. The molecule has 0 saturated carbocycles. The van der Waals surface area contributed by atoms with Gasteiger partial charge in [0.05, 0.1) is 4.47 Å². The van der Waals surface area contributed by atoms with E-state index in [9.17, 15) is 0 Å². The summed E-state index contributed by atoms with van der Waals surface area (Å²) in [5.74, 6) is 1.58. The molecule has 0 aromatic heterocycles. The van der Waals surface area contributed by atoms with E-state index in [-0.39, 0.29) is 0 Å². The SMILES string of the molecule is [CH2]c1ccccc1Oc1ccccc1Br. The molecule has 0 heterocycles. The van der Waals surface area contributed by atoms with Crippen molar-refractivity contribution in [2.75, 3.05) is 0 Å². The van der Waals surface area contributed by atoms with Gasteiger partial charge < -0.3 is 4.74 Å². The molecule has 0 aliphatic rings. The topological polar surface area (TPSA) is 9.23 Å². The smallest absolute Gasteiger partial charge is 0.141 e. The number of benzene rings is 2. The predicted molar refractivity (Wildman–Crippen MR) is 65.1 cm³/mol. The first-order valence-electron chi connectivity index (χ1n) is 4.61. The molecule has 0 aliphatic heterocycles. The molecule has 2 rings (SSSR count). The number of hydrogen-bond donors (Lipinski definition) is 0. The molecule has 0 spiro atoms. The van der Waals surface area contributed by atoms with Gasteiger partial charge in [0.15, 0.2) is 0 Å².